The molecule has 1 saturated carbocycles. The van der Waals surface area contributed by atoms with Crippen LogP contribution in [-0.2, 0) is 6.42 Å². The molecule has 0 atom stereocenters. The van der Waals surface area contributed by atoms with Gasteiger partial charge in [-0.25, -0.2) is 0 Å². The number of ether oxygens (including phenoxy) is 1. The van der Waals surface area contributed by atoms with Crippen molar-refractivity contribution in [1.82, 2.24) is 10.5 Å². The van der Waals surface area contributed by atoms with E-state index in [1.54, 1.807) is 0 Å². The number of rotatable bonds is 6. The van der Waals surface area contributed by atoms with Gasteiger partial charge in [-0.05, 0) is 75.6 Å². The number of benzene rings is 1. The molecular formula is C18H24N2O2. The lowest BCUT2D eigenvalue weighted by Crippen LogP contribution is -2.27. The molecule has 2 fully saturated rings. The lowest BCUT2D eigenvalue weighted by Gasteiger charge is -2.21. The molecule has 0 radical (unpaired) electrons. The van der Waals surface area contributed by atoms with E-state index in [0.717, 1.165) is 60.4 Å². The Morgan fingerprint density at radius 3 is 2.82 bits per heavy atom. The van der Waals surface area contributed by atoms with Gasteiger partial charge in [-0.15, -0.1) is 0 Å². The van der Waals surface area contributed by atoms with Crippen molar-refractivity contribution < 1.29 is 9.26 Å². The lowest BCUT2D eigenvalue weighted by molar-refractivity contribution is 0.299. The molecule has 1 aromatic heterocycles. The molecule has 22 heavy (non-hydrogen) atoms. The van der Waals surface area contributed by atoms with E-state index < -0.39 is 0 Å². The Labute approximate surface area is 131 Å². The topological polar surface area (TPSA) is 47.3 Å². The number of nitrogens with one attached hydrogen (secondary N) is 1. The first-order valence-electron chi connectivity index (χ1n) is 8.60. The summed E-state index contributed by atoms with van der Waals surface area (Å²) in [4.78, 5) is 0. The van der Waals surface area contributed by atoms with Gasteiger partial charge in [-0.2, -0.15) is 0 Å². The molecule has 1 aliphatic heterocycles. The van der Waals surface area contributed by atoms with Crippen LogP contribution < -0.4 is 10.1 Å². The maximum Gasteiger partial charge on any atom is 0.170 e. The number of nitrogens with zero attached hydrogens (tertiary/aromatic N) is 1. The number of aromatic nitrogens is 1. The van der Waals surface area contributed by atoms with Gasteiger partial charge >= 0.3 is 0 Å². The van der Waals surface area contributed by atoms with Crippen LogP contribution >= 0.6 is 0 Å². The molecule has 2 aromatic rings. The van der Waals surface area contributed by atoms with Gasteiger partial charge in [-0.3, -0.25) is 0 Å². The second kappa shape index (κ2) is 6.29. The Morgan fingerprint density at radius 1 is 1.14 bits per heavy atom. The van der Waals surface area contributed by atoms with E-state index >= 15 is 0 Å². The van der Waals surface area contributed by atoms with Crippen LogP contribution in [0.4, 0.5) is 0 Å². The van der Waals surface area contributed by atoms with Crippen molar-refractivity contribution >= 4 is 11.0 Å². The Hall–Kier alpha value is -1.55. The summed E-state index contributed by atoms with van der Waals surface area (Å²) in [5.74, 6) is 2.50. The number of hydrogen-bond donors (Lipinski definition) is 1. The summed E-state index contributed by atoms with van der Waals surface area (Å²) in [5.41, 5.74) is 1.95. The quantitative estimate of drug-likeness (QED) is 0.886. The highest BCUT2D eigenvalue weighted by molar-refractivity contribution is 5.80. The average Bonchev–Trinajstić information content (AvgIpc) is 3.31. The Bertz CT molecular complexity index is 627. The zero-order valence-corrected chi connectivity index (χ0v) is 13.0. The van der Waals surface area contributed by atoms with Gasteiger partial charge in [-0.1, -0.05) is 5.16 Å². The molecule has 4 rings (SSSR count). The summed E-state index contributed by atoms with van der Waals surface area (Å²) in [6.07, 6.45) is 7.42. The van der Waals surface area contributed by atoms with Crippen molar-refractivity contribution in [3.63, 3.8) is 0 Å². The normalized spacial score (nSPS) is 19.6. The van der Waals surface area contributed by atoms with Crippen LogP contribution in [-0.4, -0.2) is 24.9 Å². The van der Waals surface area contributed by atoms with Crippen LogP contribution in [0.2, 0.25) is 0 Å². The number of fused-ring (bicyclic) bond motifs is 1. The highest BCUT2D eigenvalue weighted by atomic mass is 16.5. The van der Waals surface area contributed by atoms with Crippen molar-refractivity contribution in [3.05, 3.63) is 23.9 Å². The summed E-state index contributed by atoms with van der Waals surface area (Å²) in [6.45, 7) is 3.15. The molecule has 0 amide bonds. The van der Waals surface area contributed by atoms with Crippen LogP contribution in [0.1, 0.15) is 37.8 Å². The third kappa shape index (κ3) is 3.27. The fourth-order valence-electron chi connectivity index (χ4n) is 3.25. The minimum Gasteiger partial charge on any atom is -0.493 e. The summed E-state index contributed by atoms with van der Waals surface area (Å²) in [5, 5.41) is 8.85. The zero-order valence-electron chi connectivity index (χ0n) is 13.0. The van der Waals surface area contributed by atoms with Crippen molar-refractivity contribution in [3.8, 4) is 5.75 Å². The molecule has 1 N–H and O–H groups in total. The van der Waals surface area contributed by atoms with Crippen molar-refractivity contribution in [2.75, 3.05) is 19.7 Å². The summed E-state index contributed by atoms with van der Waals surface area (Å²) < 4.78 is 11.3. The standard InChI is InChI=1S/C18H24N2O2/c1-2-14(1)12-21-15-4-5-16-17(20-22-18(16)11-15)6-3-13-7-9-19-10-8-13/h4-5,11,13-14,19H,1-3,6-10,12H2. The van der Waals surface area contributed by atoms with Gasteiger partial charge in [0.2, 0.25) is 0 Å². The van der Waals surface area contributed by atoms with Gasteiger partial charge in [0.25, 0.3) is 0 Å². The molecule has 2 aliphatic rings. The summed E-state index contributed by atoms with van der Waals surface area (Å²) in [6, 6.07) is 6.14. The first-order chi connectivity index (χ1) is 10.9. The Balaban J connectivity index is 1.40. The fourth-order valence-corrected chi connectivity index (χ4v) is 3.25. The maximum atomic E-state index is 5.81. The minimum atomic E-state index is 0.769. The van der Waals surface area contributed by atoms with Gasteiger partial charge in [0.05, 0.1) is 12.3 Å². The molecule has 4 nitrogen and oxygen atoms in total. The Kier molecular flexibility index (Phi) is 4.02. The van der Waals surface area contributed by atoms with Crippen LogP contribution in [0.25, 0.3) is 11.0 Å². The van der Waals surface area contributed by atoms with Crippen molar-refractivity contribution in [1.29, 1.82) is 0 Å². The predicted octanol–water partition coefficient (Wildman–Crippen LogP) is 3.55. The third-order valence-corrected chi connectivity index (χ3v) is 4.95. The second-order valence-corrected chi connectivity index (χ2v) is 6.77. The van der Waals surface area contributed by atoms with E-state index in [1.165, 1.54) is 32.1 Å². The zero-order chi connectivity index (χ0) is 14.8. The molecule has 1 aromatic carbocycles. The molecule has 1 saturated heterocycles. The van der Waals surface area contributed by atoms with E-state index in [1.807, 2.05) is 6.07 Å². The average molecular weight is 300 g/mol. The van der Waals surface area contributed by atoms with Gasteiger partial charge in [0.1, 0.15) is 5.75 Å². The minimum absolute atomic E-state index is 0.769. The molecular weight excluding hydrogens is 276 g/mol. The monoisotopic (exact) mass is 300 g/mol. The highest BCUT2D eigenvalue weighted by Gasteiger charge is 2.22. The van der Waals surface area contributed by atoms with Crippen molar-refractivity contribution in [2.45, 2.75) is 38.5 Å². The molecule has 0 spiro atoms. The molecule has 1 aliphatic carbocycles. The van der Waals surface area contributed by atoms with Crippen LogP contribution in [0.3, 0.4) is 0 Å². The van der Waals surface area contributed by atoms with E-state index in [2.05, 4.69) is 22.6 Å². The van der Waals surface area contributed by atoms with E-state index in [9.17, 15) is 0 Å². The predicted molar refractivity (Wildman–Crippen MR) is 86.1 cm³/mol. The van der Waals surface area contributed by atoms with Crippen molar-refractivity contribution in [2.24, 2.45) is 11.8 Å². The van der Waals surface area contributed by atoms with Gasteiger partial charge < -0.3 is 14.6 Å². The van der Waals surface area contributed by atoms with E-state index in [-0.39, 0.29) is 0 Å². The number of aryl methyl sites for hydroxylation is 1. The maximum absolute atomic E-state index is 5.81. The number of hydrogen-bond acceptors (Lipinski definition) is 4. The largest absolute Gasteiger partial charge is 0.493 e. The molecule has 2 heterocycles. The van der Waals surface area contributed by atoms with Gasteiger partial charge in [0.15, 0.2) is 5.58 Å². The number of piperidine rings is 1. The lowest BCUT2D eigenvalue weighted by atomic mass is 9.92. The van der Waals surface area contributed by atoms with Crippen LogP contribution in [0, 0.1) is 11.8 Å². The fraction of sp³-hybridized carbons (Fsp3) is 0.611. The van der Waals surface area contributed by atoms with Gasteiger partial charge in [0, 0.05) is 11.5 Å². The molecule has 118 valence electrons. The SMILES string of the molecule is c1cc2c(CCC3CCNCC3)noc2cc1OCC1CC1. The first-order valence-corrected chi connectivity index (χ1v) is 8.60. The third-order valence-electron chi connectivity index (χ3n) is 4.95. The smallest absolute Gasteiger partial charge is 0.170 e. The second-order valence-electron chi connectivity index (χ2n) is 6.77. The summed E-state index contributed by atoms with van der Waals surface area (Å²) in [7, 11) is 0. The van der Waals surface area contributed by atoms with E-state index in [0.29, 0.717) is 0 Å². The molecule has 0 unspecified atom stereocenters. The summed E-state index contributed by atoms with van der Waals surface area (Å²) >= 11 is 0. The highest BCUT2D eigenvalue weighted by Crippen LogP contribution is 2.31. The first kappa shape index (κ1) is 14.1. The molecule has 4 heteroatoms. The van der Waals surface area contributed by atoms with E-state index in [4.69, 9.17) is 9.26 Å². The van der Waals surface area contributed by atoms with Crippen LogP contribution in [0.15, 0.2) is 22.7 Å². The van der Waals surface area contributed by atoms with Crippen LogP contribution in [0.5, 0.6) is 5.75 Å². The Morgan fingerprint density at radius 2 is 2.00 bits per heavy atom. The molecule has 0 bridgehead atoms.